The molecule has 0 bridgehead atoms. The molecule has 0 spiro atoms. The van der Waals surface area contributed by atoms with E-state index < -0.39 is 66.1 Å². The third kappa shape index (κ3) is 4.23. The predicted octanol–water partition coefficient (Wildman–Crippen LogP) is 5.31. The van der Waals surface area contributed by atoms with Gasteiger partial charge in [0.05, 0.1) is 0 Å². The van der Waals surface area contributed by atoms with Gasteiger partial charge in [0.2, 0.25) is 5.95 Å². The fraction of sp³-hybridized carbons (Fsp3) is 0.800. The third-order valence-electron chi connectivity index (χ3n) is 2.89. The molecular formula is C10H3F16NO2. The summed E-state index contributed by atoms with van der Waals surface area (Å²) in [5, 5.41) is 0. The maximum atomic E-state index is 13.7. The lowest BCUT2D eigenvalue weighted by atomic mass is 10.2. The van der Waals surface area contributed by atoms with Gasteiger partial charge >= 0.3 is 42.8 Å². The summed E-state index contributed by atoms with van der Waals surface area (Å²) in [4.78, 5) is -3.41. The molecule has 1 aliphatic rings. The lowest BCUT2D eigenvalue weighted by Crippen LogP contribution is -2.73. The van der Waals surface area contributed by atoms with Gasteiger partial charge in [0.25, 0.3) is 5.76 Å². The van der Waals surface area contributed by atoms with Gasteiger partial charge in [-0.05, 0) is 0 Å². The lowest BCUT2D eigenvalue weighted by molar-refractivity contribution is -0.559. The molecule has 0 aromatic heterocycles. The minimum Gasteiger partial charge on any atom is -0.479 e. The van der Waals surface area contributed by atoms with Gasteiger partial charge in [-0.3, -0.25) is 0 Å². The van der Waals surface area contributed by atoms with E-state index in [0.717, 1.165) is 0 Å². The maximum Gasteiger partial charge on any atom is 0.453 e. The summed E-state index contributed by atoms with van der Waals surface area (Å²) in [6, 6.07) is -14.0. The summed E-state index contributed by atoms with van der Waals surface area (Å²) in [6.45, 7) is -3.19. The number of hydrogen-bond donors (Lipinski definition) is 0. The molecule has 172 valence electrons. The van der Waals surface area contributed by atoms with E-state index in [4.69, 9.17) is 0 Å². The van der Waals surface area contributed by atoms with E-state index in [1.54, 1.807) is 0 Å². The van der Waals surface area contributed by atoms with E-state index in [1.165, 1.54) is 0 Å². The Morgan fingerprint density at radius 2 is 1.21 bits per heavy atom. The lowest BCUT2D eigenvalue weighted by Gasteiger charge is -2.47. The predicted molar refractivity (Wildman–Crippen MR) is 53.8 cm³/mol. The first-order chi connectivity index (χ1) is 12.5. The van der Waals surface area contributed by atoms with Crippen molar-refractivity contribution in [3.8, 4) is 0 Å². The van der Waals surface area contributed by atoms with Crippen LogP contribution in [0.4, 0.5) is 70.2 Å². The minimum absolute atomic E-state index is 1.84. The Morgan fingerprint density at radius 1 is 0.828 bits per heavy atom. The van der Waals surface area contributed by atoms with Crippen molar-refractivity contribution in [2.24, 2.45) is 0 Å². The number of alkyl halides is 15. The number of morpholine rings is 1. The molecule has 1 fully saturated rings. The normalized spacial score (nSPS) is 24.4. The van der Waals surface area contributed by atoms with Crippen LogP contribution in [0.25, 0.3) is 0 Å². The van der Waals surface area contributed by atoms with Crippen molar-refractivity contribution < 1.29 is 79.7 Å². The molecule has 0 atom stereocenters. The Morgan fingerprint density at radius 3 is 1.52 bits per heavy atom. The Bertz CT molecular complexity index is 627. The molecule has 1 saturated heterocycles. The molecule has 0 radical (unpaired) electrons. The molecule has 0 amide bonds. The van der Waals surface area contributed by atoms with Gasteiger partial charge in [-0.2, -0.15) is 61.5 Å². The van der Waals surface area contributed by atoms with Crippen LogP contribution in [0.1, 0.15) is 0 Å². The first-order valence-electron chi connectivity index (χ1n) is 6.30. The fourth-order valence-electron chi connectivity index (χ4n) is 1.56. The van der Waals surface area contributed by atoms with Crippen molar-refractivity contribution in [3.63, 3.8) is 0 Å². The van der Waals surface area contributed by atoms with Crippen molar-refractivity contribution in [1.29, 1.82) is 0 Å². The van der Waals surface area contributed by atoms with Crippen molar-refractivity contribution >= 4 is 0 Å². The van der Waals surface area contributed by atoms with Gasteiger partial charge in [0.15, 0.2) is 6.61 Å². The van der Waals surface area contributed by atoms with Gasteiger partial charge < -0.3 is 4.74 Å². The second-order valence-corrected chi connectivity index (χ2v) is 5.02. The van der Waals surface area contributed by atoms with Crippen LogP contribution in [-0.2, 0) is 9.47 Å². The van der Waals surface area contributed by atoms with Crippen molar-refractivity contribution in [2.45, 2.75) is 42.8 Å². The van der Waals surface area contributed by atoms with Crippen molar-refractivity contribution in [3.05, 3.63) is 11.7 Å². The van der Waals surface area contributed by atoms with Gasteiger partial charge in [-0.25, -0.2) is 18.4 Å². The van der Waals surface area contributed by atoms with Gasteiger partial charge in [-0.1, -0.05) is 0 Å². The molecule has 0 saturated carbocycles. The zero-order chi connectivity index (χ0) is 23.4. The average Bonchev–Trinajstić information content (AvgIpc) is 2.42. The second kappa shape index (κ2) is 6.86. The van der Waals surface area contributed by atoms with Crippen LogP contribution in [0, 0.1) is 0 Å². The van der Waals surface area contributed by atoms with E-state index >= 15 is 0 Å². The summed E-state index contributed by atoms with van der Waals surface area (Å²) < 4.78 is 210. The van der Waals surface area contributed by atoms with E-state index in [1.807, 2.05) is 4.74 Å². The second-order valence-electron chi connectivity index (χ2n) is 5.02. The summed E-state index contributed by atoms with van der Waals surface area (Å²) in [5.74, 6) is -14.0. The number of halogens is 16. The van der Waals surface area contributed by atoms with E-state index in [9.17, 15) is 70.2 Å². The number of nitrogens with zero attached hydrogens (tertiary/aromatic N) is 1. The fourth-order valence-corrected chi connectivity index (χ4v) is 1.56. The summed E-state index contributed by atoms with van der Waals surface area (Å²) in [5.41, 5.74) is 0. The first-order valence-corrected chi connectivity index (χ1v) is 6.30. The molecule has 1 aliphatic heterocycles. The highest BCUT2D eigenvalue weighted by atomic mass is 19.4. The smallest absolute Gasteiger partial charge is 0.453 e. The summed E-state index contributed by atoms with van der Waals surface area (Å²) >= 11 is 0. The molecule has 0 N–H and O–H groups in total. The molecule has 3 nitrogen and oxygen atoms in total. The highest BCUT2D eigenvalue weighted by molar-refractivity contribution is 5.13. The van der Waals surface area contributed by atoms with Crippen LogP contribution in [0.5, 0.6) is 0 Å². The van der Waals surface area contributed by atoms with Crippen molar-refractivity contribution in [1.82, 2.24) is 4.90 Å². The Hall–Kier alpha value is -1.82. The summed E-state index contributed by atoms with van der Waals surface area (Å²) in [6.07, 6.45) is -25.0. The van der Waals surface area contributed by atoms with Gasteiger partial charge in [-0.15, -0.1) is 0 Å². The van der Waals surface area contributed by atoms with Crippen LogP contribution >= 0.6 is 0 Å². The van der Waals surface area contributed by atoms with Crippen LogP contribution < -0.4 is 0 Å². The summed E-state index contributed by atoms with van der Waals surface area (Å²) in [7, 11) is 0. The third-order valence-corrected chi connectivity index (χ3v) is 2.89. The molecule has 0 unspecified atom stereocenters. The Balaban J connectivity index is 3.64. The monoisotopic (exact) mass is 473 g/mol. The molecule has 19 heteroatoms. The molecule has 0 aromatic carbocycles. The number of rotatable bonds is 5. The molecule has 1 heterocycles. The number of ether oxygens (including phenoxy) is 2. The van der Waals surface area contributed by atoms with Crippen LogP contribution in [0.2, 0.25) is 0 Å². The average molecular weight is 473 g/mol. The zero-order valence-electron chi connectivity index (χ0n) is 12.6. The molecule has 1 rings (SSSR count). The highest BCUT2D eigenvalue weighted by Gasteiger charge is 2.84. The standard InChI is InChI=1S/C10H3F16NO2/c11-3(2(6(16,17)18)28-1-5(14,15)4(12)13)27-7(19,20)9(23,24)29-10(25,26)8(27,21)22/h4H,1H2. The van der Waals surface area contributed by atoms with E-state index in [0.29, 0.717) is 0 Å². The molecule has 0 aliphatic carbocycles. The maximum absolute atomic E-state index is 13.7. The number of hydrogen-bond acceptors (Lipinski definition) is 3. The molecular weight excluding hydrogens is 470 g/mol. The van der Waals surface area contributed by atoms with E-state index in [2.05, 4.69) is 4.74 Å². The Kier molecular flexibility index (Phi) is 5.97. The molecule has 0 aromatic rings. The number of allylic oxidation sites excluding steroid dienone is 1. The topological polar surface area (TPSA) is 21.7 Å². The SMILES string of the molecule is FC(=C(OCC(F)(F)C(F)F)C(F)(F)F)N1C(F)(F)C(F)(F)OC(F)(F)C1(F)F. The van der Waals surface area contributed by atoms with Crippen LogP contribution in [0.15, 0.2) is 11.7 Å². The van der Waals surface area contributed by atoms with E-state index in [-0.39, 0.29) is 0 Å². The largest absolute Gasteiger partial charge is 0.479 e. The van der Waals surface area contributed by atoms with Gasteiger partial charge in [0, 0.05) is 0 Å². The van der Waals surface area contributed by atoms with Crippen molar-refractivity contribution in [2.75, 3.05) is 6.61 Å². The molecule has 29 heavy (non-hydrogen) atoms. The highest BCUT2D eigenvalue weighted by Crippen LogP contribution is 2.58. The van der Waals surface area contributed by atoms with Gasteiger partial charge in [0.1, 0.15) is 0 Å². The van der Waals surface area contributed by atoms with Crippen LogP contribution in [-0.4, -0.2) is 54.3 Å². The van der Waals surface area contributed by atoms with Crippen LogP contribution in [0.3, 0.4) is 0 Å². The first kappa shape index (κ1) is 25.2. The Labute approximate surface area is 147 Å². The minimum atomic E-state index is -6.98. The zero-order valence-corrected chi connectivity index (χ0v) is 12.6. The quantitative estimate of drug-likeness (QED) is 0.307.